The van der Waals surface area contributed by atoms with E-state index < -0.39 is 34.1 Å². The van der Waals surface area contributed by atoms with Gasteiger partial charge in [0.2, 0.25) is 5.91 Å². The Morgan fingerprint density at radius 1 is 1.38 bits per heavy atom. The largest absolute Gasteiger partial charge is 0.481 e. The molecule has 8 heteroatoms. The summed E-state index contributed by atoms with van der Waals surface area (Å²) >= 11 is 5.68. The Bertz CT molecular complexity index is 643. The fraction of sp³-hybridized carbons (Fsp3) is 0.385. The minimum absolute atomic E-state index is 0.0341. The third-order valence-corrected chi connectivity index (χ3v) is 4.11. The Morgan fingerprint density at radius 3 is 2.48 bits per heavy atom. The second-order valence-electron chi connectivity index (χ2n) is 5.53. The lowest BCUT2D eigenvalue weighted by molar-refractivity contribution is -0.384. The van der Waals surface area contributed by atoms with Crippen molar-refractivity contribution < 1.29 is 19.6 Å². The first kappa shape index (κ1) is 15.2. The molecule has 21 heavy (non-hydrogen) atoms. The summed E-state index contributed by atoms with van der Waals surface area (Å²) < 4.78 is 0. The van der Waals surface area contributed by atoms with Gasteiger partial charge >= 0.3 is 5.97 Å². The number of nitrogens with one attached hydrogen (secondary N) is 1. The van der Waals surface area contributed by atoms with Crippen molar-refractivity contribution in [2.45, 2.75) is 13.8 Å². The number of halogens is 1. The van der Waals surface area contributed by atoms with Gasteiger partial charge in [-0.1, -0.05) is 25.4 Å². The lowest BCUT2D eigenvalue weighted by atomic mass is 10.1. The Balaban J connectivity index is 2.17. The zero-order valence-corrected chi connectivity index (χ0v) is 12.0. The molecule has 0 spiro atoms. The lowest BCUT2D eigenvalue weighted by Gasteiger charge is -2.06. The summed E-state index contributed by atoms with van der Waals surface area (Å²) in [6, 6.07) is 3.88. The summed E-state index contributed by atoms with van der Waals surface area (Å²) in [5.41, 5.74) is -0.740. The van der Waals surface area contributed by atoms with Crippen molar-refractivity contribution in [3.63, 3.8) is 0 Å². The molecular formula is C13H13ClN2O5. The van der Waals surface area contributed by atoms with E-state index in [0.717, 1.165) is 6.07 Å². The van der Waals surface area contributed by atoms with Crippen molar-refractivity contribution in [3.05, 3.63) is 33.3 Å². The molecule has 112 valence electrons. The number of carboxylic acids is 1. The summed E-state index contributed by atoms with van der Waals surface area (Å²) in [7, 11) is 0. The Kier molecular flexibility index (Phi) is 3.63. The third-order valence-electron chi connectivity index (χ3n) is 3.79. The van der Waals surface area contributed by atoms with E-state index in [-0.39, 0.29) is 16.4 Å². The van der Waals surface area contributed by atoms with E-state index in [1.165, 1.54) is 12.1 Å². The first-order valence-corrected chi connectivity index (χ1v) is 6.51. The monoisotopic (exact) mass is 312 g/mol. The molecule has 1 aromatic carbocycles. The smallest absolute Gasteiger partial charge is 0.307 e. The van der Waals surface area contributed by atoms with Gasteiger partial charge in [-0.15, -0.1) is 0 Å². The van der Waals surface area contributed by atoms with Crippen LogP contribution in [0.25, 0.3) is 0 Å². The number of benzene rings is 1. The van der Waals surface area contributed by atoms with Crippen molar-refractivity contribution in [2.75, 3.05) is 5.32 Å². The van der Waals surface area contributed by atoms with E-state index in [1.54, 1.807) is 13.8 Å². The number of nitro groups is 1. The molecule has 1 aromatic rings. The van der Waals surface area contributed by atoms with E-state index >= 15 is 0 Å². The SMILES string of the molecule is CC1(C)C(C(=O)O)C1C(=O)Nc1ccc(Cl)c([N+](=O)[O-])c1. The number of rotatable bonds is 4. The van der Waals surface area contributed by atoms with Crippen LogP contribution in [0, 0.1) is 27.4 Å². The molecule has 0 aromatic heterocycles. The van der Waals surface area contributed by atoms with Crippen molar-refractivity contribution >= 4 is 34.9 Å². The zero-order chi connectivity index (χ0) is 15.9. The predicted molar refractivity (Wildman–Crippen MR) is 75.1 cm³/mol. The molecule has 1 fully saturated rings. The van der Waals surface area contributed by atoms with Gasteiger partial charge in [-0.3, -0.25) is 19.7 Å². The summed E-state index contributed by atoms with van der Waals surface area (Å²) in [5, 5.41) is 22.3. The van der Waals surface area contributed by atoms with Crippen molar-refractivity contribution in [3.8, 4) is 0 Å². The highest BCUT2D eigenvalue weighted by molar-refractivity contribution is 6.32. The molecule has 0 aliphatic heterocycles. The standard InChI is InChI=1S/C13H13ClN2O5/c1-13(2)9(10(13)12(18)19)11(17)15-6-3-4-7(14)8(5-6)16(20)21/h3-5,9-10H,1-2H3,(H,15,17)(H,18,19). The third kappa shape index (κ3) is 2.69. The highest BCUT2D eigenvalue weighted by Gasteiger charge is 2.65. The van der Waals surface area contributed by atoms with Crippen LogP contribution >= 0.6 is 11.6 Å². The fourth-order valence-corrected chi connectivity index (χ4v) is 2.72. The molecule has 0 heterocycles. The van der Waals surface area contributed by atoms with E-state index in [4.69, 9.17) is 16.7 Å². The first-order valence-electron chi connectivity index (χ1n) is 6.14. The van der Waals surface area contributed by atoms with E-state index in [0.29, 0.717) is 0 Å². The number of hydrogen-bond donors (Lipinski definition) is 2. The molecule has 2 unspecified atom stereocenters. The highest BCUT2D eigenvalue weighted by Crippen LogP contribution is 2.58. The molecule has 1 aliphatic rings. The van der Waals surface area contributed by atoms with Crippen LogP contribution < -0.4 is 5.32 Å². The Hall–Kier alpha value is -2.15. The first-order chi connectivity index (χ1) is 9.66. The number of carboxylic acid groups (broad SMARTS) is 1. The molecule has 0 radical (unpaired) electrons. The van der Waals surface area contributed by atoms with Crippen LogP contribution in [0.5, 0.6) is 0 Å². The van der Waals surface area contributed by atoms with Crippen LogP contribution in [0.4, 0.5) is 11.4 Å². The molecule has 2 N–H and O–H groups in total. The van der Waals surface area contributed by atoms with Gasteiger partial charge < -0.3 is 10.4 Å². The second-order valence-corrected chi connectivity index (χ2v) is 5.93. The van der Waals surface area contributed by atoms with Gasteiger partial charge in [0.25, 0.3) is 5.69 Å². The Morgan fingerprint density at radius 2 is 2.00 bits per heavy atom. The van der Waals surface area contributed by atoms with Gasteiger partial charge in [-0.2, -0.15) is 0 Å². The molecular weight excluding hydrogens is 300 g/mol. The number of nitrogens with zero attached hydrogens (tertiary/aromatic N) is 1. The number of carbonyl (C=O) groups is 2. The van der Waals surface area contributed by atoms with Crippen molar-refractivity contribution in [2.24, 2.45) is 17.3 Å². The van der Waals surface area contributed by atoms with Gasteiger partial charge in [-0.05, 0) is 17.5 Å². The van der Waals surface area contributed by atoms with Crippen LogP contribution in [0.2, 0.25) is 5.02 Å². The number of amides is 1. The molecule has 0 bridgehead atoms. The van der Waals surface area contributed by atoms with Gasteiger partial charge in [-0.25, -0.2) is 0 Å². The average Bonchev–Trinajstić information content (AvgIpc) is 2.94. The van der Waals surface area contributed by atoms with E-state index in [9.17, 15) is 19.7 Å². The zero-order valence-electron chi connectivity index (χ0n) is 11.3. The molecule has 0 saturated heterocycles. The predicted octanol–water partition coefficient (Wildman–Crippen LogP) is 2.54. The molecule has 1 amide bonds. The number of carbonyl (C=O) groups excluding carboxylic acids is 1. The molecule has 7 nitrogen and oxygen atoms in total. The van der Waals surface area contributed by atoms with Gasteiger partial charge in [0.05, 0.1) is 16.8 Å². The number of anilines is 1. The number of hydrogen-bond acceptors (Lipinski definition) is 4. The molecule has 2 rings (SSSR count). The summed E-state index contributed by atoms with van der Waals surface area (Å²) in [6.07, 6.45) is 0. The number of nitro benzene ring substituents is 1. The minimum Gasteiger partial charge on any atom is -0.481 e. The maximum atomic E-state index is 12.1. The van der Waals surface area contributed by atoms with E-state index in [2.05, 4.69) is 5.32 Å². The average molecular weight is 313 g/mol. The molecule has 1 aliphatic carbocycles. The van der Waals surface area contributed by atoms with Gasteiger partial charge in [0.1, 0.15) is 5.02 Å². The Labute approximate surface area is 125 Å². The van der Waals surface area contributed by atoms with Crippen LogP contribution in [-0.2, 0) is 9.59 Å². The maximum absolute atomic E-state index is 12.1. The fourth-order valence-electron chi connectivity index (χ4n) is 2.54. The van der Waals surface area contributed by atoms with E-state index in [1.807, 2.05) is 0 Å². The summed E-state index contributed by atoms with van der Waals surface area (Å²) in [5.74, 6) is -2.91. The van der Waals surface area contributed by atoms with Gasteiger partial charge in [0.15, 0.2) is 0 Å². The topological polar surface area (TPSA) is 110 Å². The van der Waals surface area contributed by atoms with Crippen molar-refractivity contribution in [1.82, 2.24) is 0 Å². The highest BCUT2D eigenvalue weighted by atomic mass is 35.5. The molecule has 1 saturated carbocycles. The quantitative estimate of drug-likeness (QED) is 0.655. The maximum Gasteiger partial charge on any atom is 0.307 e. The van der Waals surface area contributed by atoms with Crippen LogP contribution in [0.1, 0.15) is 13.8 Å². The van der Waals surface area contributed by atoms with Crippen LogP contribution in [-0.4, -0.2) is 21.9 Å². The van der Waals surface area contributed by atoms with Crippen LogP contribution in [0.15, 0.2) is 18.2 Å². The normalized spacial score (nSPS) is 22.4. The minimum atomic E-state index is -1.03. The van der Waals surface area contributed by atoms with Crippen molar-refractivity contribution in [1.29, 1.82) is 0 Å². The van der Waals surface area contributed by atoms with Crippen LogP contribution in [0.3, 0.4) is 0 Å². The summed E-state index contributed by atoms with van der Waals surface area (Å²) in [6.45, 7) is 3.39. The lowest BCUT2D eigenvalue weighted by Crippen LogP contribution is -2.17. The number of aliphatic carboxylic acids is 1. The second kappa shape index (κ2) is 5.00. The summed E-state index contributed by atoms with van der Waals surface area (Å²) in [4.78, 5) is 33.3. The molecule has 2 atom stereocenters. The van der Waals surface area contributed by atoms with Gasteiger partial charge in [0, 0.05) is 11.8 Å².